The Balaban J connectivity index is 2.35. The smallest absolute Gasteiger partial charge is 0.153 e. The van der Waals surface area contributed by atoms with E-state index in [9.17, 15) is 0 Å². The topological polar surface area (TPSA) is 26.0 Å². The van der Waals surface area contributed by atoms with Crippen molar-refractivity contribution in [3.8, 4) is 11.5 Å². The lowest BCUT2D eigenvalue weighted by Gasteiger charge is -1.88. The molecule has 0 aliphatic carbocycles. The fourth-order valence-corrected chi connectivity index (χ4v) is 1.89. The van der Waals surface area contributed by atoms with E-state index in [2.05, 4.69) is 11.9 Å². The minimum absolute atomic E-state index is 0.869. The van der Waals surface area contributed by atoms with Gasteiger partial charge in [0, 0.05) is 5.38 Å². The summed E-state index contributed by atoms with van der Waals surface area (Å²) >= 11 is 1.68. The third-order valence-electron chi connectivity index (χ3n) is 1.85. The molecule has 0 spiro atoms. The largest absolute Gasteiger partial charge is 0.460 e. The van der Waals surface area contributed by atoms with E-state index in [1.54, 1.807) is 11.3 Å². The lowest BCUT2D eigenvalue weighted by molar-refractivity contribution is 0.546. The standard InChI is InChI=1S/C10H11NOS/c1-3-10-11-8(6-13-10)9-5-4-7(2)12-9/h4-6H,3H2,1-2H3. The molecule has 0 N–H and O–H groups in total. The van der Waals surface area contributed by atoms with Crippen molar-refractivity contribution in [1.29, 1.82) is 0 Å². The van der Waals surface area contributed by atoms with E-state index < -0.39 is 0 Å². The molecule has 2 rings (SSSR count). The van der Waals surface area contributed by atoms with Gasteiger partial charge in [-0.25, -0.2) is 4.98 Å². The summed E-state index contributed by atoms with van der Waals surface area (Å²) in [5.41, 5.74) is 0.954. The van der Waals surface area contributed by atoms with E-state index in [1.807, 2.05) is 24.4 Å². The van der Waals surface area contributed by atoms with Crippen molar-refractivity contribution in [2.24, 2.45) is 0 Å². The maximum atomic E-state index is 5.47. The van der Waals surface area contributed by atoms with Crippen LogP contribution in [0, 0.1) is 6.92 Å². The maximum Gasteiger partial charge on any atom is 0.153 e. The molecule has 0 saturated heterocycles. The zero-order valence-electron chi connectivity index (χ0n) is 7.70. The van der Waals surface area contributed by atoms with Crippen molar-refractivity contribution in [1.82, 2.24) is 4.98 Å². The molecular weight excluding hydrogens is 182 g/mol. The van der Waals surface area contributed by atoms with E-state index in [0.717, 1.165) is 28.6 Å². The Morgan fingerprint density at radius 3 is 2.85 bits per heavy atom. The number of nitrogens with zero attached hydrogens (tertiary/aromatic N) is 1. The highest BCUT2D eigenvalue weighted by atomic mass is 32.1. The molecule has 13 heavy (non-hydrogen) atoms. The molecule has 0 saturated carbocycles. The number of rotatable bonds is 2. The fourth-order valence-electron chi connectivity index (χ4n) is 1.16. The first-order valence-electron chi connectivity index (χ1n) is 4.31. The number of thiazole rings is 1. The molecule has 68 valence electrons. The van der Waals surface area contributed by atoms with Gasteiger partial charge in [0.05, 0.1) is 5.01 Å². The Morgan fingerprint density at radius 2 is 2.31 bits per heavy atom. The van der Waals surface area contributed by atoms with E-state index >= 15 is 0 Å². The van der Waals surface area contributed by atoms with Gasteiger partial charge in [-0.15, -0.1) is 11.3 Å². The van der Waals surface area contributed by atoms with Crippen LogP contribution in [0.3, 0.4) is 0 Å². The van der Waals surface area contributed by atoms with Crippen LogP contribution in [0.2, 0.25) is 0 Å². The number of furan rings is 1. The molecule has 0 unspecified atom stereocenters. The van der Waals surface area contributed by atoms with Gasteiger partial charge in [0.25, 0.3) is 0 Å². The van der Waals surface area contributed by atoms with Gasteiger partial charge < -0.3 is 4.42 Å². The van der Waals surface area contributed by atoms with E-state index in [-0.39, 0.29) is 0 Å². The van der Waals surface area contributed by atoms with Crippen molar-refractivity contribution in [3.63, 3.8) is 0 Å². The summed E-state index contributed by atoms with van der Waals surface area (Å²) in [7, 11) is 0. The van der Waals surface area contributed by atoms with Gasteiger partial charge in [-0.2, -0.15) is 0 Å². The molecule has 2 aromatic heterocycles. The monoisotopic (exact) mass is 193 g/mol. The lowest BCUT2D eigenvalue weighted by atomic mass is 10.3. The molecule has 2 aromatic rings. The first-order chi connectivity index (χ1) is 6.29. The van der Waals surface area contributed by atoms with Crippen LogP contribution in [0.4, 0.5) is 0 Å². The van der Waals surface area contributed by atoms with Gasteiger partial charge in [0.1, 0.15) is 11.5 Å². The highest BCUT2D eigenvalue weighted by Crippen LogP contribution is 2.23. The van der Waals surface area contributed by atoms with Gasteiger partial charge in [0.15, 0.2) is 5.76 Å². The van der Waals surface area contributed by atoms with Crippen LogP contribution in [0.25, 0.3) is 11.5 Å². The van der Waals surface area contributed by atoms with Gasteiger partial charge in [-0.3, -0.25) is 0 Å². The summed E-state index contributed by atoms with van der Waals surface area (Å²) in [5.74, 6) is 1.80. The molecule has 0 amide bonds. The van der Waals surface area contributed by atoms with Crippen molar-refractivity contribution in [2.75, 3.05) is 0 Å². The molecule has 0 bridgehead atoms. The Kier molecular flexibility index (Phi) is 2.19. The first kappa shape index (κ1) is 8.51. The molecular formula is C10H11NOS. The fraction of sp³-hybridized carbons (Fsp3) is 0.300. The van der Waals surface area contributed by atoms with Crippen LogP contribution in [0.15, 0.2) is 21.9 Å². The second-order valence-corrected chi connectivity index (χ2v) is 3.83. The van der Waals surface area contributed by atoms with Crippen LogP contribution in [-0.2, 0) is 6.42 Å². The summed E-state index contributed by atoms with van der Waals surface area (Å²) in [5, 5.41) is 3.20. The van der Waals surface area contributed by atoms with Crippen LogP contribution in [0.1, 0.15) is 17.7 Å². The summed E-state index contributed by atoms with van der Waals surface area (Å²) in [4.78, 5) is 4.44. The zero-order valence-corrected chi connectivity index (χ0v) is 8.52. The van der Waals surface area contributed by atoms with Crippen molar-refractivity contribution < 1.29 is 4.42 Å². The third-order valence-corrected chi connectivity index (χ3v) is 2.84. The summed E-state index contributed by atoms with van der Waals surface area (Å²) < 4.78 is 5.47. The average Bonchev–Trinajstić information content (AvgIpc) is 2.71. The minimum Gasteiger partial charge on any atom is -0.460 e. The third kappa shape index (κ3) is 1.65. The summed E-state index contributed by atoms with van der Waals surface area (Å²) in [6.45, 7) is 4.05. The quantitative estimate of drug-likeness (QED) is 0.731. The maximum absolute atomic E-state index is 5.47. The normalized spacial score (nSPS) is 10.6. The average molecular weight is 193 g/mol. The van der Waals surface area contributed by atoms with E-state index in [1.165, 1.54) is 0 Å². The molecule has 2 heterocycles. The SMILES string of the molecule is CCc1nc(-c2ccc(C)o2)cs1. The lowest BCUT2D eigenvalue weighted by Crippen LogP contribution is -1.77. The van der Waals surface area contributed by atoms with Gasteiger partial charge in [-0.1, -0.05) is 6.92 Å². The molecule has 0 radical (unpaired) electrons. The first-order valence-corrected chi connectivity index (χ1v) is 5.18. The van der Waals surface area contributed by atoms with Crippen LogP contribution in [0.5, 0.6) is 0 Å². The highest BCUT2D eigenvalue weighted by molar-refractivity contribution is 7.09. The van der Waals surface area contributed by atoms with Gasteiger partial charge >= 0.3 is 0 Å². The Bertz CT molecular complexity index is 402. The van der Waals surface area contributed by atoms with E-state index in [0.29, 0.717) is 0 Å². The van der Waals surface area contributed by atoms with Crippen molar-refractivity contribution >= 4 is 11.3 Å². The molecule has 0 aliphatic rings. The molecule has 3 heteroatoms. The number of aryl methyl sites for hydroxylation is 2. The van der Waals surface area contributed by atoms with Crippen molar-refractivity contribution in [2.45, 2.75) is 20.3 Å². The Hall–Kier alpha value is -1.09. The van der Waals surface area contributed by atoms with Crippen LogP contribution < -0.4 is 0 Å². The second kappa shape index (κ2) is 3.34. The zero-order chi connectivity index (χ0) is 9.26. The number of hydrogen-bond acceptors (Lipinski definition) is 3. The molecule has 0 fully saturated rings. The molecule has 0 aliphatic heterocycles. The number of hydrogen-bond donors (Lipinski definition) is 0. The Labute approximate surface area is 81.2 Å². The highest BCUT2D eigenvalue weighted by Gasteiger charge is 2.06. The minimum atomic E-state index is 0.869. The van der Waals surface area contributed by atoms with Gasteiger partial charge in [0.2, 0.25) is 0 Å². The molecule has 2 nitrogen and oxygen atoms in total. The summed E-state index contributed by atoms with van der Waals surface area (Å²) in [6.07, 6.45) is 0.990. The van der Waals surface area contributed by atoms with Gasteiger partial charge in [-0.05, 0) is 25.5 Å². The number of aromatic nitrogens is 1. The molecule has 0 aromatic carbocycles. The molecule has 0 atom stereocenters. The van der Waals surface area contributed by atoms with Crippen molar-refractivity contribution in [3.05, 3.63) is 28.3 Å². The van der Waals surface area contributed by atoms with E-state index in [4.69, 9.17) is 4.42 Å². The predicted octanol–water partition coefficient (Wildman–Crippen LogP) is 3.27. The van der Waals surface area contributed by atoms with Crippen LogP contribution >= 0.6 is 11.3 Å². The summed E-state index contributed by atoms with van der Waals surface area (Å²) in [6, 6.07) is 3.92. The Morgan fingerprint density at radius 1 is 1.46 bits per heavy atom. The predicted molar refractivity (Wildman–Crippen MR) is 53.9 cm³/mol. The van der Waals surface area contributed by atoms with Crippen LogP contribution in [-0.4, -0.2) is 4.98 Å². The second-order valence-electron chi connectivity index (χ2n) is 2.89.